The summed E-state index contributed by atoms with van der Waals surface area (Å²) in [6.45, 7) is 4.85. The first-order valence-corrected chi connectivity index (χ1v) is 12.2. The van der Waals surface area contributed by atoms with E-state index in [2.05, 4.69) is 16.8 Å². The summed E-state index contributed by atoms with van der Waals surface area (Å²) in [5.41, 5.74) is 3.57. The number of aryl methyl sites for hydroxylation is 1. The molecular formula is C25H26N2O4S. The summed E-state index contributed by atoms with van der Waals surface area (Å²) >= 11 is 0. The molecule has 0 aliphatic heterocycles. The standard InChI is InChI=1S/C25H26N2O4S/c1-4-27-23-12-8-18(14-21(23)22-15-19(31-3)9-13-24(22)27)25(28)26-16-17-6-10-20(11-7-17)32(29,30)5-2/h6-15H,4-5,16H2,1-3H3,(H,26,28). The predicted molar refractivity (Wildman–Crippen MR) is 127 cm³/mol. The Morgan fingerprint density at radius 1 is 0.938 bits per heavy atom. The number of rotatable bonds is 7. The highest BCUT2D eigenvalue weighted by Gasteiger charge is 2.14. The van der Waals surface area contributed by atoms with E-state index in [1.807, 2.05) is 36.4 Å². The van der Waals surface area contributed by atoms with E-state index in [4.69, 9.17) is 4.74 Å². The number of nitrogens with one attached hydrogen (secondary N) is 1. The van der Waals surface area contributed by atoms with Gasteiger partial charge in [-0.3, -0.25) is 4.79 Å². The zero-order valence-electron chi connectivity index (χ0n) is 18.4. The number of sulfone groups is 1. The van der Waals surface area contributed by atoms with Crippen LogP contribution in [0.3, 0.4) is 0 Å². The fraction of sp³-hybridized carbons (Fsp3) is 0.240. The number of amides is 1. The average Bonchev–Trinajstić information content (AvgIpc) is 3.14. The van der Waals surface area contributed by atoms with Gasteiger partial charge < -0.3 is 14.6 Å². The van der Waals surface area contributed by atoms with Gasteiger partial charge in [0.15, 0.2) is 9.84 Å². The van der Waals surface area contributed by atoms with Crippen molar-refractivity contribution in [2.75, 3.05) is 12.9 Å². The van der Waals surface area contributed by atoms with Gasteiger partial charge >= 0.3 is 0 Å². The SMILES string of the molecule is CCn1c2ccc(OC)cc2c2cc(C(=O)NCc3ccc(S(=O)(=O)CC)cc3)ccc21. The van der Waals surface area contributed by atoms with Crippen molar-refractivity contribution in [3.63, 3.8) is 0 Å². The molecule has 0 aliphatic rings. The Hall–Kier alpha value is -3.32. The zero-order valence-corrected chi connectivity index (χ0v) is 19.2. The summed E-state index contributed by atoms with van der Waals surface area (Å²) in [6.07, 6.45) is 0. The van der Waals surface area contributed by atoms with Gasteiger partial charge in [-0.1, -0.05) is 19.1 Å². The molecule has 0 saturated carbocycles. The van der Waals surface area contributed by atoms with Gasteiger partial charge in [0, 0.05) is 40.5 Å². The predicted octanol–water partition coefficient (Wildman–Crippen LogP) is 4.55. The third-order valence-electron chi connectivity index (χ3n) is 5.77. The normalized spacial score (nSPS) is 11.7. The molecule has 0 bridgehead atoms. The van der Waals surface area contributed by atoms with Crippen molar-refractivity contribution >= 4 is 37.6 Å². The van der Waals surface area contributed by atoms with E-state index in [-0.39, 0.29) is 11.7 Å². The third kappa shape index (κ3) is 3.96. The molecule has 32 heavy (non-hydrogen) atoms. The van der Waals surface area contributed by atoms with E-state index in [0.717, 1.165) is 39.7 Å². The van der Waals surface area contributed by atoms with E-state index in [0.29, 0.717) is 17.0 Å². The zero-order chi connectivity index (χ0) is 22.9. The van der Waals surface area contributed by atoms with Gasteiger partial charge in [0.05, 0.1) is 17.8 Å². The number of carbonyl (C=O) groups excluding carboxylic acids is 1. The van der Waals surface area contributed by atoms with Crippen LogP contribution in [-0.2, 0) is 22.9 Å². The number of hydrogen-bond donors (Lipinski definition) is 1. The summed E-state index contributed by atoms with van der Waals surface area (Å²) in [4.78, 5) is 13.1. The van der Waals surface area contributed by atoms with Crippen molar-refractivity contribution in [1.82, 2.24) is 9.88 Å². The van der Waals surface area contributed by atoms with Gasteiger partial charge in [0.2, 0.25) is 0 Å². The molecule has 7 heteroatoms. The Bertz CT molecular complexity index is 1400. The number of ether oxygens (including phenoxy) is 1. The molecule has 4 aromatic rings. The van der Waals surface area contributed by atoms with E-state index >= 15 is 0 Å². The van der Waals surface area contributed by atoms with Crippen molar-refractivity contribution in [2.45, 2.75) is 31.8 Å². The Kier molecular flexibility index (Phi) is 5.93. The number of fused-ring (bicyclic) bond motifs is 3. The molecule has 166 valence electrons. The molecule has 0 atom stereocenters. The highest BCUT2D eigenvalue weighted by atomic mass is 32.2. The van der Waals surface area contributed by atoms with E-state index < -0.39 is 9.84 Å². The molecule has 1 amide bonds. The molecule has 1 N–H and O–H groups in total. The lowest BCUT2D eigenvalue weighted by Gasteiger charge is -2.08. The van der Waals surface area contributed by atoms with Crippen molar-refractivity contribution in [2.24, 2.45) is 0 Å². The smallest absolute Gasteiger partial charge is 0.251 e. The number of aromatic nitrogens is 1. The first-order chi connectivity index (χ1) is 15.4. The van der Waals surface area contributed by atoms with Gasteiger partial charge in [-0.05, 0) is 61.0 Å². The van der Waals surface area contributed by atoms with Crippen molar-refractivity contribution in [3.8, 4) is 5.75 Å². The Balaban J connectivity index is 1.59. The molecular weight excluding hydrogens is 424 g/mol. The molecule has 0 fully saturated rings. The fourth-order valence-electron chi connectivity index (χ4n) is 3.96. The minimum atomic E-state index is -3.23. The van der Waals surface area contributed by atoms with Crippen LogP contribution in [0.2, 0.25) is 0 Å². The van der Waals surface area contributed by atoms with Crippen LogP contribution in [0.4, 0.5) is 0 Å². The van der Waals surface area contributed by atoms with Crippen molar-refractivity contribution in [1.29, 1.82) is 0 Å². The van der Waals surface area contributed by atoms with E-state index in [1.54, 1.807) is 38.3 Å². The molecule has 4 rings (SSSR count). The lowest BCUT2D eigenvalue weighted by molar-refractivity contribution is 0.0951. The number of methoxy groups -OCH3 is 1. The number of carbonyl (C=O) groups is 1. The maximum atomic E-state index is 12.8. The van der Waals surface area contributed by atoms with E-state index in [1.165, 1.54) is 0 Å². The monoisotopic (exact) mass is 450 g/mol. The Morgan fingerprint density at radius 2 is 1.59 bits per heavy atom. The summed E-state index contributed by atoms with van der Waals surface area (Å²) in [7, 11) is -1.59. The molecule has 6 nitrogen and oxygen atoms in total. The van der Waals surface area contributed by atoms with Gasteiger partial charge in [-0.25, -0.2) is 8.42 Å². The van der Waals surface area contributed by atoms with Crippen LogP contribution in [0.25, 0.3) is 21.8 Å². The number of hydrogen-bond acceptors (Lipinski definition) is 4. The largest absolute Gasteiger partial charge is 0.497 e. The van der Waals surface area contributed by atoms with Crippen LogP contribution >= 0.6 is 0 Å². The van der Waals surface area contributed by atoms with Crippen LogP contribution in [-0.4, -0.2) is 31.8 Å². The first-order valence-electron chi connectivity index (χ1n) is 10.6. The second kappa shape index (κ2) is 8.67. The van der Waals surface area contributed by atoms with Gasteiger partial charge in [0.25, 0.3) is 5.91 Å². The van der Waals surface area contributed by atoms with Crippen LogP contribution in [0.5, 0.6) is 5.75 Å². The lowest BCUT2D eigenvalue weighted by Crippen LogP contribution is -2.22. The average molecular weight is 451 g/mol. The lowest BCUT2D eigenvalue weighted by atomic mass is 10.1. The van der Waals surface area contributed by atoms with Crippen molar-refractivity contribution in [3.05, 3.63) is 71.8 Å². The Labute approximate surface area is 187 Å². The second-order valence-corrected chi connectivity index (χ2v) is 9.87. The molecule has 1 heterocycles. The quantitative estimate of drug-likeness (QED) is 0.448. The number of benzene rings is 3. The Morgan fingerprint density at radius 3 is 2.22 bits per heavy atom. The van der Waals surface area contributed by atoms with Gasteiger partial charge in [-0.15, -0.1) is 0 Å². The minimum Gasteiger partial charge on any atom is -0.497 e. The van der Waals surface area contributed by atoms with Crippen LogP contribution in [0, 0.1) is 0 Å². The summed E-state index contributed by atoms with van der Waals surface area (Å²) in [5, 5.41) is 4.97. The highest BCUT2D eigenvalue weighted by molar-refractivity contribution is 7.91. The molecule has 0 saturated heterocycles. The third-order valence-corrected chi connectivity index (χ3v) is 7.52. The maximum Gasteiger partial charge on any atom is 0.251 e. The highest BCUT2D eigenvalue weighted by Crippen LogP contribution is 2.32. The molecule has 1 aromatic heterocycles. The van der Waals surface area contributed by atoms with Crippen LogP contribution in [0.1, 0.15) is 29.8 Å². The molecule has 0 unspecified atom stereocenters. The van der Waals surface area contributed by atoms with Gasteiger partial charge in [0.1, 0.15) is 5.75 Å². The fourth-order valence-corrected chi connectivity index (χ4v) is 4.84. The molecule has 0 radical (unpaired) electrons. The van der Waals surface area contributed by atoms with Crippen LogP contribution < -0.4 is 10.1 Å². The molecule has 3 aromatic carbocycles. The van der Waals surface area contributed by atoms with Crippen molar-refractivity contribution < 1.29 is 17.9 Å². The minimum absolute atomic E-state index is 0.0614. The van der Waals surface area contributed by atoms with Gasteiger partial charge in [-0.2, -0.15) is 0 Å². The van der Waals surface area contributed by atoms with Crippen LogP contribution in [0.15, 0.2) is 65.6 Å². The maximum absolute atomic E-state index is 12.8. The summed E-state index contributed by atoms with van der Waals surface area (Å²) in [6, 6.07) is 18.3. The second-order valence-electron chi connectivity index (χ2n) is 7.59. The summed E-state index contributed by atoms with van der Waals surface area (Å²) in [5.74, 6) is 0.653. The first kappa shape index (κ1) is 21.9. The summed E-state index contributed by atoms with van der Waals surface area (Å²) < 4.78 is 31.5. The molecule has 0 aliphatic carbocycles. The number of nitrogens with zero attached hydrogens (tertiary/aromatic N) is 1. The molecule has 0 spiro atoms. The topological polar surface area (TPSA) is 77.4 Å². The van der Waals surface area contributed by atoms with E-state index in [9.17, 15) is 13.2 Å².